The quantitative estimate of drug-likeness (QED) is 0.609. The van der Waals surface area contributed by atoms with Crippen LogP contribution >= 0.6 is 0 Å². The van der Waals surface area contributed by atoms with Crippen LogP contribution in [0.5, 0.6) is 5.88 Å². The summed E-state index contributed by atoms with van der Waals surface area (Å²) in [5.41, 5.74) is 3.03. The van der Waals surface area contributed by atoms with Gasteiger partial charge in [0.05, 0.1) is 24.3 Å². The Kier molecular flexibility index (Phi) is 7.34. The van der Waals surface area contributed by atoms with Crippen molar-refractivity contribution >= 4 is 11.8 Å². The van der Waals surface area contributed by atoms with Crippen LogP contribution in [0.1, 0.15) is 52.6 Å². The predicted molar refractivity (Wildman–Crippen MR) is 111 cm³/mol. The normalized spacial score (nSPS) is 15.0. The number of carbonyl (C=O) groups excluding carboxylic acids is 2. The Morgan fingerprint density at radius 3 is 2.75 bits per heavy atom. The highest BCUT2D eigenvalue weighted by Crippen LogP contribution is 2.33. The number of nitrogens with zero attached hydrogens (tertiary/aromatic N) is 3. The molecule has 8 nitrogen and oxygen atoms in total. The maximum absolute atomic E-state index is 13.0. The number of carbonyl (C=O) groups is 2. The zero-order chi connectivity index (χ0) is 23.4. The summed E-state index contributed by atoms with van der Waals surface area (Å²) in [6.07, 6.45) is -0.231. The number of alkyl halides is 2. The van der Waals surface area contributed by atoms with E-state index in [2.05, 4.69) is 15.3 Å². The zero-order valence-electron chi connectivity index (χ0n) is 18.1. The number of halogens is 2. The number of hydrogen-bond donors (Lipinski definition) is 2. The largest absolute Gasteiger partial charge is 0.471 e. The Morgan fingerprint density at radius 1 is 1.34 bits per heavy atom. The van der Waals surface area contributed by atoms with E-state index >= 15 is 0 Å². The van der Waals surface area contributed by atoms with Gasteiger partial charge in [-0.2, -0.15) is 0 Å². The van der Waals surface area contributed by atoms with Gasteiger partial charge in [-0.25, -0.2) is 13.8 Å². The molecular formula is C22H26F2N4O4. The lowest BCUT2D eigenvalue weighted by atomic mass is 10.1. The van der Waals surface area contributed by atoms with E-state index in [4.69, 9.17) is 4.74 Å². The minimum atomic E-state index is -2.59. The van der Waals surface area contributed by atoms with Gasteiger partial charge in [-0.15, -0.1) is 0 Å². The van der Waals surface area contributed by atoms with Gasteiger partial charge in [0.15, 0.2) is 6.61 Å². The molecule has 0 radical (unpaired) electrons. The lowest BCUT2D eigenvalue weighted by Crippen LogP contribution is -2.32. The molecule has 0 saturated heterocycles. The number of nitrogens with one attached hydrogen (secondary N) is 1. The number of hydrogen-bond acceptors (Lipinski definition) is 6. The lowest BCUT2D eigenvalue weighted by molar-refractivity contribution is -0.120. The van der Waals surface area contributed by atoms with Crippen LogP contribution in [0.2, 0.25) is 0 Å². The van der Waals surface area contributed by atoms with E-state index in [0.29, 0.717) is 22.4 Å². The molecule has 0 aromatic carbocycles. The average Bonchev–Trinajstić information content (AvgIpc) is 3.08. The molecule has 2 N–H and O–H groups in total. The smallest absolute Gasteiger partial charge is 0.272 e. The van der Waals surface area contributed by atoms with Gasteiger partial charge < -0.3 is 20.1 Å². The number of amides is 2. The van der Waals surface area contributed by atoms with Crippen LogP contribution < -0.4 is 10.1 Å². The number of fused-ring (bicyclic) bond motifs is 1. The maximum Gasteiger partial charge on any atom is 0.272 e. The van der Waals surface area contributed by atoms with Crippen molar-refractivity contribution in [1.29, 1.82) is 0 Å². The highest BCUT2D eigenvalue weighted by atomic mass is 19.3. The second kappa shape index (κ2) is 9.99. The van der Waals surface area contributed by atoms with E-state index in [1.807, 2.05) is 6.92 Å². The third-order valence-electron chi connectivity index (χ3n) is 5.23. The van der Waals surface area contributed by atoms with Gasteiger partial charge in [-0.1, -0.05) is 0 Å². The van der Waals surface area contributed by atoms with Gasteiger partial charge in [0.25, 0.3) is 12.3 Å². The van der Waals surface area contributed by atoms with Crippen LogP contribution in [0.4, 0.5) is 8.78 Å². The number of ether oxygens (including phenoxy) is 1. The first kappa shape index (κ1) is 23.5. The van der Waals surface area contributed by atoms with Crippen molar-refractivity contribution in [2.45, 2.75) is 52.3 Å². The average molecular weight is 448 g/mol. The molecule has 2 amide bonds. The number of rotatable bonds is 9. The van der Waals surface area contributed by atoms with E-state index in [-0.39, 0.29) is 43.2 Å². The van der Waals surface area contributed by atoms with Crippen molar-refractivity contribution in [2.75, 3.05) is 13.2 Å². The molecule has 0 spiro atoms. The van der Waals surface area contributed by atoms with Crippen LogP contribution in [0.25, 0.3) is 0 Å². The monoisotopic (exact) mass is 448 g/mol. The summed E-state index contributed by atoms with van der Waals surface area (Å²) in [7, 11) is 0. The summed E-state index contributed by atoms with van der Waals surface area (Å²) in [5, 5.41) is 12.0. The van der Waals surface area contributed by atoms with Gasteiger partial charge in [0, 0.05) is 42.2 Å². The van der Waals surface area contributed by atoms with Crippen molar-refractivity contribution in [1.82, 2.24) is 20.2 Å². The topological polar surface area (TPSA) is 105 Å². The number of aliphatic hydroxyl groups is 1. The number of aliphatic hydroxyl groups excluding tert-OH is 1. The van der Waals surface area contributed by atoms with Crippen molar-refractivity contribution < 1.29 is 28.2 Å². The Hall–Kier alpha value is -3.14. The third kappa shape index (κ3) is 5.37. The standard InChI is InChI=1S/C22H26F2N4O4/c1-12-6-15(9-27-21(12)32-11-19(23)24)14(3)28-10-17-16(22(28)31)4-5-25-18(17)7-20(30)26-8-13(2)29/h4-6,9,13-14,19,29H,7-8,10-11H2,1-3H3,(H,26,30)/t13-,14?/m1/s1. The summed E-state index contributed by atoms with van der Waals surface area (Å²) in [5.74, 6) is -0.340. The first-order valence-electron chi connectivity index (χ1n) is 10.3. The van der Waals surface area contributed by atoms with Crippen LogP contribution in [-0.2, 0) is 17.8 Å². The van der Waals surface area contributed by atoms with E-state index in [1.54, 1.807) is 30.9 Å². The molecule has 0 bridgehead atoms. The predicted octanol–water partition coefficient (Wildman–Crippen LogP) is 2.19. The molecule has 1 aliphatic heterocycles. The molecule has 2 atom stereocenters. The summed E-state index contributed by atoms with van der Waals surface area (Å²) in [6.45, 7) is 4.82. The van der Waals surface area contributed by atoms with E-state index < -0.39 is 19.1 Å². The molecule has 32 heavy (non-hydrogen) atoms. The van der Waals surface area contributed by atoms with Crippen molar-refractivity contribution in [3.05, 3.63) is 52.5 Å². The van der Waals surface area contributed by atoms with Crippen LogP contribution in [0.15, 0.2) is 24.5 Å². The van der Waals surface area contributed by atoms with Crippen molar-refractivity contribution in [3.63, 3.8) is 0 Å². The molecule has 3 heterocycles. The minimum absolute atomic E-state index is 0.00221. The second-order valence-corrected chi connectivity index (χ2v) is 7.82. The van der Waals surface area contributed by atoms with Crippen molar-refractivity contribution in [3.8, 4) is 5.88 Å². The Bertz CT molecular complexity index is 1000. The van der Waals surface area contributed by atoms with Crippen LogP contribution in [-0.4, -0.2) is 57.5 Å². The van der Waals surface area contributed by atoms with E-state index in [9.17, 15) is 23.5 Å². The molecule has 0 saturated carbocycles. The zero-order valence-corrected chi connectivity index (χ0v) is 18.1. The molecule has 172 valence electrons. The molecule has 1 unspecified atom stereocenters. The second-order valence-electron chi connectivity index (χ2n) is 7.82. The molecule has 1 aliphatic rings. The van der Waals surface area contributed by atoms with Crippen LogP contribution in [0.3, 0.4) is 0 Å². The van der Waals surface area contributed by atoms with E-state index in [0.717, 1.165) is 5.56 Å². The number of pyridine rings is 2. The molecule has 3 rings (SSSR count). The fraction of sp³-hybridized carbons (Fsp3) is 0.455. The molecule has 2 aromatic rings. The summed E-state index contributed by atoms with van der Waals surface area (Å²) in [4.78, 5) is 35.3. The van der Waals surface area contributed by atoms with Gasteiger partial charge in [0.2, 0.25) is 11.8 Å². The molecule has 2 aromatic heterocycles. The maximum atomic E-state index is 13.0. The molecule has 0 fully saturated rings. The van der Waals surface area contributed by atoms with E-state index in [1.165, 1.54) is 12.4 Å². The molecule has 10 heteroatoms. The fourth-order valence-electron chi connectivity index (χ4n) is 3.54. The van der Waals surface area contributed by atoms with Crippen molar-refractivity contribution in [2.24, 2.45) is 0 Å². The van der Waals surface area contributed by atoms with Crippen LogP contribution in [0, 0.1) is 6.92 Å². The van der Waals surface area contributed by atoms with Gasteiger partial charge in [-0.3, -0.25) is 14.6 Å². The first-order chi connectivity index (χ1) is 15.2. The minimum Gasteiger partial charge on any atom is -0.471 e. The SMILES string of the molecule is Cc1cc(C(C)N2Cc3c(ccnc3CC(=O)NC[C@@H](C)O)C2=O)cnc1OCC(F)F. The Labute approximate surface area is 184 Å². The fourth-order valence-corrected chi connectivity index (χ4v) is 3.54. The van der Waals surface area contributed by atoms with Gasteiger partial charge in [-0.05, 0) is 38.5 Å². The third-order valence-corrected chi connectivity index (χ3v) is 5.23. The Morgan fingerprint density at radius 2 is 2.09 bits per heavy atom. The Balaban J connectivity index is 1.75. The van der Waals surface area contributed by atoms with Gasteiger partial charge in [0.1, 0.15) is 0 Å². The number of aromatic nitrogens is 2. The summed E-state index contributed by atoms with van der Waals surface area (Å²) in [6, 6.07) is 3.05. The lowest BCUT2D eigenvalue weighted by Gasteiger charge is -2.25. The number of aryl methyl sites for hydroxylation is 1. The molecular weight excluding hydrogens is 422 g/mol. The summed E-state index contributed by atoms with van der Waals surface area (Å²) >= 11 is 0. The summed E-state index contributed by atoms with van der Waals surface area (Å²) < 4.78 is 29.8. The highest BCUT2D eigenvalue weighted by Gasteiger charge is 2.34. The van der Waals surface area contributed by atoms with Gasteiger partial charge >= 0.3 is 0 Å². The first-order valence-corrected chi connectivity index (χ1v) is 10.3. The highest BCUT2D eigenvalue weighted by molar-refractivity contribution is 5.99. The molecule has 0 aliphatic carbocycles.